The molecular weight excluding hydrogens is 400 g/mol. The number of nitrogens with zero attached hydrogens (tertiary/aromatic N) is 1. The summed E-state index contributed by atoms with van der Waals surface area (Å²) in [4.78, 5) is 14.7. The van der Waals surface area contributed by atoms with Crippen LogP contribution in [-0.2, 0) is 4.79 Å². The minimum atomic E-state index is -1.94. The van der Waals surface area contributed by atoms with Crippen LogP contribution in [0.4, 0.5) is 11.4 Å². The Morgan fingerprint density at radius 1 is 0.839 bits per heavy atom. The molecule has 31 heavy (non-hydrogen) atoms. The standard InChI is InChI=1S/C26H32N2O2Si/c1-26(2,3)31(4,5)30-23-18-16-20(17-19-23)24(25(27)29)28(21-12-8-6-9-13-21)22-14-10-7-11-15-22/h6-19,24H,1-5H3,(H2,27,29). The second-order valence-electron chi connectivity index (χ2n) is 9.28. The lowest BCUT2D eigenvalue weighted by atomic mass is 10.0. The van der Waals surface area contributed by atoms with Crippen LogP contribution < -0.4 is 15.1 Å². The molecule has 3 aromatic rings. The third-order valence-corrected chi connectivity index (χ3v) is 10.3. The molecule has 5 heteroatoms. The van der Waals surface area contributed by atoms with Crippen molar-refractivity contribution in [2.24, 2.45) is 5.73 Å². The number of nitrogens with two attached hydrogens (primary N) is 1. The van der Waals surface area contributed by atoms with E-state index in [1.54, 1.807) is 0 Å². The Balaban J connectivity index is 1.99. The van der Waals surface area contributed by atoms with Gasteiger partial charge in [0.1, 0.15) is 11.8 Å². The lowest BCUT2D eigenvalue weighted by Crippen LogP contribution is -2.43. The highest BCUT2D eigenvalue weighted by Gasteiger charge is 2.39. The Kier molecular flexibility index (Phi) is 6.55. The molecule has 0 aliphatic carbocycles. The Bertz CT molecular complexity index is 958. The summed E-state index contributed by atoms with van der Waals surface area (Å²) in [6, 6.07) is 26.8. The van der Waals surface area contributed by atoms with Crippen molar-refractivity contribution in [2.75, 3.05) is 4.90 Å². The Morgan fingerprint density at radius 3 is 1.68 bits per heavy atom. The molecule has 0 saturated carbocycles. The van der Waals surface area contributed by atoms with Gasteiger partial charge in [-0.15, -0.1) is 0 Å². The van der Waals surface area contributed by atoms with Gasteiger partial charge in [0.2, 0.25) is 14.2 Å². The van der Waals surface area contributed by atoms with E-state index in [-0.39, 0.29) is 5.04 Å². The number of carbonyl (C=O) groups excluding carboxylic acids is 1. The lowest BCUT2D eigenvalue weighted by molar-refractivity contribution is -0.119. The normalized spacial score (nSPS) is 12.8. The third kappa shape index (κ3) is 5.17. The first-order chi connectivity index (χ1) is 14.6. The van der Waals surface area contributed by atoms with Crippen molar-refractivity contribution in [1.82, 2.24) is 0 Å². The number of amides is 1. The van der Waals surface area contributed by atoms with Gasteiger partial charge in [0.25, 0.3) is 0 Å². The maximum Gasteiger partial charge on any atom is 0.250 e. The van der Waals surface area contributed by atoms with E-state index < -0.39 is 20.3 Å². The lowest BCUT2D eigenvalue weighted by Gasteiger charge is -2.36. The largest absolute Gasteiger partial charge is 0.544 e. The fraction of sp³-hybridized carbons (Fsp3) is 0.269. The van der Waals surface area contributed by atoms with E-state index in [1.807, 2.05) is 89.8 Å². The second-order valence-corrected chi connectivity index (χ2v) is 14.0. The molecule has 162 valence electrons. The summed E-state index contributed by atoms with van der Waals surface area (Å²) in [7, 11) is -1.94. The zero-order valence-electron chi connectivity index (χ0n) is 19.0. The van der Waals surface area contributed by atoms with Crippen LogP contribution in [0, 0.1) is 0 Å². The highest BCUT2D eigenvalue weighted by atomic mass is 28.4. The molecule has 0 spiro atoms. The predicted molar refractivity (Wildman–Crippen MR) is 131 cm³/mol. The number of carbonyl (C=O) groups is 1. The fourth-order valence-electron chi connectivity index (χ4n) is 3.23. The molecule has 4 nitrogen and oxygen atoms in total. The molecule has 1 atom stereocenters. The van der Waals surface area contributed by atoms with Crippen molar-refractivity contribution in [3.63, 3.8) is 0 Å². The first-order valence-corrected chi connectivity index (χ1v) is 13.5. The summed E-state index contributed by atoms with van der Waals surface area (Å²) in [5.41, 5.74) is 8.56. The monoisotopic (exact) mass is 432 g/mol. The number of anilines is 2. The molecule has 0 heterocycles. The zero-order chi connectivity index (χ0) is 22.6. The number of hydrogen-bond acceptors (Lipinski definition) is 3. The van der Waals surface area contributed by atoms with Crippen LogP contribution in [0.3, 0.4) is 0 Å². The molecule has 3 rings (SSSR count). The third-order valence-electron chi connectivity index (χ3n) is 5.97. The fourth-order valence-corrected chi connectivity index (χ4v) is 4.26. The van der Waals surface area contributed by atoms with Gasteiger partial charge in [-0.25, -0.2) is 0 Å². The van der Waals surface area contributed by atoms with Crippen LogP contribution >= 0.6 is 0 Å². The molecular formula is C26H32N2O2Si. The van der Waals surface area contributed by atoms with Gasteiger partial charge in [-0.3, -0.25) is 4.79 Å². The highest BCUT2D eigenvalue weighted by Crippen LogP contribution is 2.39. The average molecular weight is 433 g/mol. The van der Waals surface area contributed by atoms with Crippen LogP contribution in [0.1, 0.15) is 32.4 Å². The molecule has 0 aliphatic heterocycles. The van der Waals surface area contributed by atoms with E-state index in [1.165, 1.54) is 0 Å². The van der Waals surface area contributed by atoms with Crippen molar-refractivity contribution in [2.45, 2.75) is 44.9 Å². The Morgan fingerprint density at radius 2 is 1.29 bits per heavy atom. The minimum Gasteiger partial charge on any atom is -0.544 e. The highest BCUT2D eigenvalue weighted by molar-refractivity contribution is 6.74. The molecule has 0 aromatic heterocycles. The van der Waals surface area contributed by atoms with Crippen LogP contribution in [-0.4, -0.2) is 14.2 Å². The first kappa shape index (κ1) is 22.6. The molecule has 1 amide bonds. The van der Waals surface area contributed by atoms with Gasteiger partial charge >= 0.3 is 0 Å². The van der Waals surface area contributed by atoms with E-state index in [2.05, 4.69) is 33.9 Å². The van der Waals surface area contributed by atoms with E-state index in [0.29, 0.717) is 0 Å². The van der Waals surface area contributed by atoms with Crippen molar-refractivity contribution in [1.29, 1.82) is 0 Å². The van der Waals surface area contributed by atoms with Crippen molar-refractivity contribution in [3.05, 3.63) is 90.5 Å². The van der Waals surface area contributed by atoms with Gasteiger partial charge in [0, 0.05) is 11.4 Å². The molecule has 0 saturated heterocycles. The molecule has 2 N–H and O–H groups in total. The molecule has 0 fully saturated rings. The van der Waals surface area contributed by atoms with Gasteiger partial charge in [0.15, 0.2) is 0 Å². The molecule has 0 radical (unpaired) electrons. The maximum atomic E-state index is 12.7. The summed E-state index contributed by atoms with van der Waals surface area (Å²) >= 11 is 0. The smallest absolute Gasteiger partial charge is 0.250 e. The van der Waals surface area contributed by atoms with Crippen LogP contribution in [0.5, 0.6) is 5.75 Å². The average Bonchev–Trinajstić information content (AvgIpc) is 2.72. The minimum absolute atomic E-state index is 0.110. The number of para-hydroxylation sites is 2. The summed E-state index contributed by atoms with van der Waals surface area (Å²) in [6.45, 7) is 11.1. The van der Waals surface area contributed by atoms with Gasteiger partial charge in [-0.2, -0.15) is 0 Å². The Labute approximate surface area is 186 Å². The SMILES string of the molecule is CC(C)(C)[Si](C)(C)Oc1ccc(C(C(N)=O)N(c2ccccc2)c2ccccc2)cc1. The van der Waals surface area contributed by atoms with Crippen molar-refractivity contribution >= 4 is 25.6 Å². The second kappa shape index (κ2) is 8.98. The van der Waals surface area contributed by atoms with Gasteiger partial charge in [-0.1, -0.05) is 69.3 Å². The van der Waals surface area contributed by atoms with Gasteiger partial charge < -0.3 is 15.1 Å². The molecule has 0 aliphatic rings. The number of rotatable bonds is 7. The van der Waals surface area contributed by atoms with E-state index in [4.69, 9.17) is 10.2 Å². The van der Waals surface area contributed by atoms with E-state index in [9.17, 15) is 4.79 Å². The molecule has 1 unspecified atom stereocenters. The van der Waals surface area contributed by atoms with Crippen molar-refractivity contribution in [3.8, 4) is 5.75 Å². The molecule has 0 bridgehead atoms. The van der Waals surface area contributed by atoms with E-state index >= 15 is 0 Å². The number of primary amides is 1. The maximum absolute atomic E-state index is 12.7. The summed E-state index contributed by atoms with van der Waals surface area (Å²) in [6.07, 6.45) is 0. The van der Waals surface area contributed by atoms with Crippen LogP contribution in [0.25, 0.3) is 0 Å². The quantitative estimate of drug-likeness (QED) is 0.437. The van der Waals surface area contributed by atoms with Crippen LogP contribution in [0.15, 0.2) is 84.9 Å². The Hall–Kier alpha value is -3.05. The predicted octanol–water partition coefficient (Wildman–Crippen LogP) is 6.44. The van der Waals surface area contributed by atoms with Crippen LogP contribution in [0.2, 0.25) is 18.1 Å². The first-order valence-electron chi connectivity index (χ1n) is 10.6. The number of hydrogen-bond donors (Lipinski definition) is 1. The summed E-state index contributed by atoms with van der Waals surface area (Å²) in [5, 5.41) is 0.110. The number of benzene rings is 3. The topological polar surface area (TPSA) is 55.6 Å². The summed E-state index contributed by atoms with van der Waals surface area (Å²) < 4.78 is 6.40. The zero-order valence-corrected chi connectivity index (χ0v) is 20.0. The summed E-state index contributed by atoms with van der Waals surface area (Å²) in [5.74, 6) is 0.412. The van der Waals surface area contributed by atoms with Crippen molar-refractivity contribution < 1.29 is 9.22 Å². The molecule has 3 aromatic carbocycles. The van der Waals surface area contributed by atoms with Gasteiger partial charge in [-0.05, 0) is 60.1 Å². The van der Waals surface area contributed by atoms with E-state index in [0.717, 1.165) is 22.7 Å². The van der Waals surface area contributed by atoms with Gasteiger partial charge in [0.05, 0.1) is 0 Å².